The molecule has 1 aliphatic heterocycles. The maximum Gasteiger partial charge on any atom is 0.333 e. The van der Waals surface area contributed by atoms with Gasteiger partial charge in [0.05, 0.1) is 13.0 Å². The smallest absolute Gasteiger partial charge is 0.333 e. The molecule has 1 aliphatic rings. The van der Waals surface area contributed by atoms with E-state index in [1.165, 1.54) is 0 Å². The minimum absolute atomic E-state index is 0.0333. The van der Waals surface area contributed by atoms with Crippen molar-refractivity contribution in [2.45, 2.75) is 38.5 Å². The summed E-state index contributed by atoms with van der Waals surface area (Å²) in [6, 6.07) is 0. The van der Waals surface area contributed by atoms with E-state index >= 15 is 0 Å². The second kappa shape index (κ2) is 10.3. The van der Waals surface area contributed by atoms with Gasteiger partial charge in [-0.15, -0.1) is 17.4 Å². The molecule has 0 bridgehead atoms. The number of carbonyl (C=O) groups excluding carboxylic acids is 4. The Balaban J connectivity index is 1.99. The van der Waals surface area contributed by atoms with E-state index in [0.29, 0.717) is 37.7 Å². The monoisotopic (exact) mass is 324 g/mol. The first-order valence-corrected chi connectivity index (χ1v) is 7.39. The van der Waals surface area contributed by atoms with Crippen LogP contribution in [0.1, 0.15) is 38.5 Å². The summed E-state index contributed by atoms with van der Waals surface area (Å²) in [7, 11) is 0. The lowest BCUT2D eigenvalue weighted by Gasteiger charge is -2.12. The van der Waals surface area contributed by atoms with Crippen LogP contribution in [-0.4, -0.2) is 48.5 Å². The lowest BCUT2D eigenvalue weighted by molar-refractivity contribution is -0.197. The van der Waals surface area contributed by atoms with E-state index in [9.17, 15) is 19.2 Å². The fourth-order valence-corrected chi connectivity index (χ4v) is 1.76. The van der Waals surface area contributed by atoms with E-state index in [4.69, 9.17) is 16.0 Å². The topological polar surface area (TPSA) is 102 Å². The molecular weight excluding hydrogens is 304 g/mol. The van der Waals surface area contributed by atoms with Crippen molar-refractivity contribution in [1.29, 1.82) is 0 Å². The van der Waals surface area contributed by atoms with Gasteiger partial charge in [0.25, 0.3) is 11.8 Å². The highest BCUT2D eigenvalue weighted by Crippen LogP contribution is 2.12. The second-order valence-electron chi connectivity index (χ2n) is 4.82. The number of carbonyl (C=O) groups is 4. The Labute approximate surface area is 134 Å². The standard InChI is InChI=1S/C15H20N2O6/c1-2-3-5-12(18)16-9-11-22-10-4-6-15(21)23-17-13(19)7-8-14(17)20/h1H,3-11H2,(H,16,18). The fourth-order valence-electron chi connectivity index (χ4n) is 1.76. The number of nitrogens with one attached hydrogen (secondary N) is 1. The van der Waals surface area contributed by atoms with Crippen LogP contribution in [0.5, 0.6) is 0 Å². The molecule has 23 heavy (non-hydrogen) atoms. The average Bonchev–Trinajstić information content (AvgIpc) is 2.83. The van der Waals surface area contributed by atoms with Gasteiger partial charge < -0.3 is 14.9 Å². The number of hydrogen-bond acceptors (Lipinski definition) is 6. The molecule has 0 atom stereocenters. The zero-order valence-corrected chi connectivity index (χ0v) is 12.8. The van der Waals surface area contributed by atoms with Crippen molar-refractivity contribution in [3.05, 3.63) is 0 Å². The quantitative estimate of drug-likeness (QED) is 0.343. The molecule has 1 heterocycles. The maximum atomic E-state index is 11.5. The summed E-state index contributed by atoms with van der Waals surface area (Å²) >= 11 is 0. The molecule has 126 valence electrons. The maximum absolute atomic E-state index is 11.5. The third-order valence-electron chi connectivity index (χ3n) is 2.93. The number of hydroxylamine groups is 2. The Hall–Kier alpha value is -2.40. The molecule has 1 rings (SSSR count). The predicted octanol–water partition coefficient (Wildman–Crippen LogP) is -0.0800. The first-order valence-electron chi connectivity index (χ1n) is 7.39. The van der Waals surface area contributed by atoms with E-state index < -0.39 is 17.8 Å². The Kier molecular flexibility index (Phi) is 8.39. The van der Waals surface area contributed by atoms with Gasteiger partial charge in [0, 0.05) is 38.8 Å². The zero-order valence-electron chi connectivity index (χ0n) is 12.8. The van der Waals surface area contributed by atoms with Gasteiger partial charge in [-0.05, 0) is 6.42 Å². The normalized spacial score (nSPS) is 13.8. The summed E-state index contributed by atoms with van der Waals surface area (Å²) in [5, 5.41) is 3.17. The van der Waals surface area contributed by atoms with E-state index in [1.54, 1.807) is 0 Å². The van der Waals surface area contributed by atoms with Crippen molar-refractivity contribution in [2.75, 3.05) is 19.8 Å². The number of terminal acetylenes is 1. The molecule has 1 saturated heterocycles. The Morgan fingerprint density at radius 3 is 2.52 bits per heavy atom. The molecule has 1 fully saturated rings. The van der Waals surface area contributed by atoms with Gasteiger partial charge in [-0.1, -0.05) is 0 Å². The largest absolute Gasteiger partial charge is 0.380 e. The van der Waals surface area contributed by atoms with Gasteiger partial charge in [0.1, 0.15) is 0 Å². The summed E-state index contributed by atoms with van der Waals surface area (Å²) < 4.78 is 5.24. The summed E-state index contributed by atoms with van der Waals surface area (Å²) in [4.78, 5) is 49.9. The van der Waals surface area contributed by atoms with Crippen LogP contribution in [0.3, 0.4) is 0 Å². The highest BCUT2D eigenvalue weighted by atomic mass is 16.7. The molecule has 0 aromatic heterocycles. The number of rotatable bonds is 10. The van der Waals surface area contributed by atoms with Gasteiger partial charge in [-0.2, -0.15) is 0 Å². The third kappa shape index (κ3) is 7.42. The fraction of sp³-hybridized carbons (Fsp3) is 0.600. The van der Waals surface area contributed by atoms with E-state index in [-0.39, 0.29) is 31.6 Å². The van der Waals surface area contributed by atoms with Crippen LogP contribution < -0.4 is 5.32 Å². The summed E-state index contributed by atoms with van der Waals surface area (Å²) in [5.74, 6) is 0.595. The van der Waals surface area contributed by atoms with Gasteiger partial charge in [-0.25, -0.2) is 4.79 Å². The number of hydrogen-bond donors (Lipinski definition) is 1. The number of amides is 3. The molecule has 0 aromatic carbocycles. The van der Waals surface area contributed by atoms with Crippen molar-refractivity contribution in [3.8, 4) is 12.3 Å². The molecular formula is C15H20N2O6. The molecule has 0 radical (unpaired) electrons. The van der Waals surface area contributed by atoms with Crippen molar-refractivity contribution in [1.82, 2.24) is 10.4 Å². The summed E-state index contributed by atoms with van der Waals surface area (Å²) in [6.45, 7) is 0.988. The SMILES string of the molecule is C#CCCC(=O)NCCOCCCC(=O)ON1C(=O)CCC1=O. The van der Waals surface area contributed by atoms with E-state index in [0.717, 1.165) is 0 Å². The number of nitrogens with zero attached hydrogens (tertiary/aromatic N) is 1. The molecule has 1 N–H and O–H groups in total. The van der Waals surface area contributed by atoms with Crippen LogP contribution in [0.4, 0.5) is 0 Å². The predicted molar refractivity (Wildman–Crippen MR) is 78.3 cm³/mol. The lowest BCUT2D eigenvalue weighted by atomic mass is 10.3. The van der Waals surface area contributed by atoms with Crippen LogP contribution >= 0.6 is 0 Å². The summed E-state index contributed by atoms with van der Waals surface area (Å²) in [5.41, 5.74) is 0. The van der Waals surface area contributed by atoms with Crippen LogP contribution in [0.15, 0.2) is 0 Å². The van der Waals surface area contributed by atoms with Crippen LogP contribution in [0.25, 0.3) is 0 Å². The third-order valence-corrected chi connectivity index (χ3v) is 2.93. The minimum Gasteiger partial charge on any atom is -0.380 e. The number of imide groups is 1. The minimum atomic E-state index is -0.653. The van der Waals surface area contributed by atoms with Gasteiger partial charge >= 0.3 is 5.97 Å². The molecule has 0 aliphatic carbocycles. The molecule has 0 spiro atoms. The van der Waals surface area contributed by atoms with Gasteiger partial charge in [0.2, 0.25) is 5.91 Å². The molecule has 0 aromatic rings. The summed E-state index contributed by atoms with van der Waals surface area (Å²) in [6.07, 6.45) is 6.30. The average molecular weight is 324 g/mol. The first-order chi connectivity index (χ1) is 11.0. The Morgan fingerprint density at radius 1 is 1.17 bits per heavy atom. The zero-order chi connectivity index (χ0) is 17.1. The molecule has 8 heteroatoms. The Bertz CT molecular complexity index is 481. The molecule has 0 saturated carbocycles. The van der Waals surface area contributed by atoms with Crippen molar-refractivity contribution >= 4 is 23.7 Å². The van der Waals surface area contributed by atoms with Crippen molar-refractivity contribution < 1.29 is 28.8 Å². The van der Waals surface area contributed by atoms with Crippen LogP contribution in [0, 0.1) is 12.3 Å². The first kappa shape index (κ1) is 18.6. The second-order valence-corrected chi connectivity index (χ2v) is 4.82. The molecule has 8 nitrogen and oxygen atoms in total. The van der Waals surface area contributed by atoms with Gasteiger partial charge in [0.15, 0.2) is 0 Å². The van der Waals surface area contributed by atoms with Crippen molar-refractivity contribution in [2.24, 2.45) is 0 Å². The van der Waals surface area contributed by atoms with E-state index in [1.807, 2.05) is 0 Å². The van der Waals surface area contributed by atoms with Gasteiger partial charge in [-0.3, -0.25) is 14.4 Å². The molecule has 0 unspecified atom stereocenters. The lowest BCUT2D eigenvalue weighted by Crippen LogP contribution is -2.32. The van der Waals surface area contributed by atoms with Crippen molar-refractivity contribution in [3.63, 3.8) is 0 Å². The highest BCUT2D eigenvalue weighted by Gasteiger charge is 2.32. The van der Waals surface area contributed by atoms with Crippen LogP contribution in [-0.2, 0) is 28.8 Å². The van der Waals surface area contributed by atoms with Crippen LogP contribution in [0.2, 0.25) is 0 Å². The number of ether oxygens (including phenoxy) is 1. The highest BCUT2D eigenvalue weighted by molar-refractivity contribution is 6.01. The molecule has 3 amide bonds. The Morgan fingerprint density at radius 2 is 1.87 bits per heavy atom. The van der Waals surface area contributed by atoms with E-state index in [2.05, 4.69) is 11.2 Å².